The van der Waals surface area contributed by atoms with Gasteiger partial charge in [-0.25, -0.2) is 0 Å². The van der Waals surface area contributed by atoms with E-state index >= 15 is 0 Å². The topological polar surface area (TPSA) is 102 Å². The molecule has 1 aliphatic heterocycles. The molecule has 1 heterocycles. The Morgan fingerprint density at radius 1 is 1.24 bits per heavy atom. The van der Waals surface area contributed by atoms with Crippen LogP contribution in [0.25, 0.3) is 0 Å². The van der Waals surface area contributed by atoms with Crippen LogP contribution in [-0.4, -0.2) is 41.3 Å². The maximum Gasteiger partial charge on any atom is 0.270 e. The number of rotatable bonds is 6. The molecule has 152 valence electrons. The first-order valence-electron chi connectivity index (χ1n) is 9.40. The standard InChI is InChI=1S/C21H23N3O5/c1-14(22-20(25)16-5-3-6-17(13-16)24(27)28)21(26)23-12-4-7-19(23)15-8-10-18(29-2)11-9-15/h3,5-6,8-11,13-14,19H,4,7,12H2,1-2H3,(H,22,25). The number of benzene rings is 2. The van der Waals surface area contributed by atoms with Gasteiger partial charge in [-0.15, -0.1) is 0 Å². The van der Waals surface area contributed by atoms with Gasteiger partial charge in [0.05, 0.1) is 18.1 Å². The van der Waals surface area contributed by atoms with Gasteiger partial charge in [0.2, 0.25) is 5.91 Å². The van der Waals surface area contributed by atoms with Crippen LogP contribution in [0.2, 0.25) is 0 Å². The Hall–Kier alpha value is -3.42. The highest BCUT2D eigenvalue weighted by Crippen LogP contribution is 2.33. The van der Waals surface area contributed by atoms with Gasteiger partial charge in [0, 0.05) is 24.2 Å². The molecule has 1 N–H and O–H groups in total. The van der Waals surface area contributed by atoms with Crippen LogP contribution < -0.4 is 10.1 Å². The fourth-order valence-electron chi connectivity index (χ4n) is 3.55. The highest BCUT2D eigenvalue weighted by molar-refractivity contribution is 5.98. The minimum absolute atomic E-state index is 0.0504. The maximum atomic E-state index is 13.0. The molecule has 2 atom stereocenters. The van der Waals surface area contributed by atoms with E-state index in [-0.39, 0.29) is 23.2 Å². The third-order valence-electron chi connectivity index (χ3n) is 5.07. The minimum Gasteiger partial charge on any atom is -0.497 e. The lowest BCUT2D eigenvalue weighted by Gasteiger charge is -2.28. The fourth-order valence-corrected chi connectivity index (χ4v) is 3.55. The van der Waals surface area contributed by atoms with Crippen molar-refractivity contribution in [2.24, 2.45) is 0 Å². The van der Waals surface area contributed by atoms with Crippen molar-refractivity contribution in [1.29, 1.82) is 0 Å². The molecule has 1 saturated heterocycles. The molecule has 0 saturated carbocycles. The molecule has 0 bridgehead atoms. The summed E-state index contributed by atoms with van der Waals surface area (Å²) >= 11 is 0. The van der Waals surface area contributed by atoms with Crippen molar-refractivity contribution in [1.82, 2.24) is 10.2 Å². The number of amides is 2. The van der Waals surface area contributed by atoms with Gasteiger partial charge in [-0.05, 0) is 43.5 Å². The van der Waals surface area contributed by atoms with Crippen molar-refractivity contribution >= 4 is 17.5 Å². The number of nitrogens with zero attached hydrogens (tertiary/aromatic N) is 2. The second-order valence-electron chi connectivity index (χ2n) is 6.97. The zero-order valence-corrected chi connectivity index (χ0v) is 16.3. The third-order valence-corrected chi connectivity index (χ3v) is 5.07. The number of ether oxygens (including phenoxy) is 1. The molecule has 1 fully saturated rings. The normalized spacial score (nSPS) is 16.9. The lowest BCUT2D eigenvalue weighted by molar-refractivity contribution is -0.384. The molecule has 8 heteroatoms. The van der Waals surface area contributed by atoms with Crippen molar-refractivity contribution in [3.63, 3.8) is 0 Å². The molecular weight excluding hydrogens is 374 g/mol. The molecule has 2 unspecified atom stereocenters. The number of hydrogen-bond acceptors (Lipinski definition) is 5. The second-order valence-corrected chi connectivity index (χ2v) is 6.97. The molecule has 2 amide bonds. The Balaban J connectivity index is 1.69. The number of carbonyl (C=O) groups excluding carboxylic acids is 2. The number of nitrogens with one attached hydrogen (secondary N) is 1. The Labute approximate surface area is 168 Å². The average Bonchev–Trinajstić information content (AvgIpc) is 3.23. The van der Waals surface area contributed by atoms with E-state index in [1.54, 1.807) is 18.9 Å². The van der Waals surface area contributed by atoms with Crippen LogP contribution in [0.5, 0.6) is 5.75 Å². The Kier molecular flexibility index (Phi) is 6.11. The van der Waals surface area contributed by atoms with E-state index in [0.717, 1.165) is 24.2 Å². The highest BCUT2D eigenvalue weighted by Gasteiger charge is 2.33. The second kappa shape index (κ2) is 8.72. The van der Waals surface area contributed by atoms with Gasteiger partial charge in [0.25, 0.3) is 11.6 Å². The first-order chi connectivity index (χ1) is 13.9. The molecule has 0 spiro atoms. The smallest absolute Gasteiger partial charge is 0.270 e. The van der Waals surface area contributed by atoms with Gasteiger partial charge >= 0.3 is 0 Å². The minimum atomic E-state index is -0.749. The van der Waals surface area contributed by atoms with Crippen LogP contribution in [0.15, 0.2) is 48.5 Å². The number of likely N-dealkylation sites (tertiary alicyclic amines) is 1. The average molecular weight is 397 g/mol. The van der Waals surface area contributed by atoms with Crippen molar-refractivity contribution in [2.45, 2.75) is 31.8 Å². The SMILES string of the molecule is COc1ccc(C2CCCN2C(=O)C(C)NC(=O)c2cccc([N+](=O)[O-])c2)cc1. The van der Waals surface area contributed by atoms with Crippen molar-refractivity contribution < 1.29 is 19.2 Å². The predicted molar refractivity (Wildman–Crippen MR) is 107 cm³/mol. The molecule has 3 rings (SSSR count). The molecule has 29 heavy (non-hydrogen) atoms. The summed E-state index contributed by atoms with van der Waals surface area (Å²) in [7, 11) is 1.60. The number of hydrogen-bond donors (Lipinski definition) is 1. The predicted octanol–water partition coefficient (Wildman–Crippen LogP) is 3.09. The van der Waals surface area contributed by atoms with Gasteiger partial charge in [-0.2, -0.15) is 0 Å². The van der Waals surface area contributed by atoms with Crippen LogP contribution >= 0.6 is 0 Å². The van der Waals surface area contributed by atoms with Crippen molar-refractivity contribution in [3.05, 3.63) is 69.8 Å². The van der Waals surface area contributed by atoms with E-state index in [9.17, 15) is 19.7 Å². The lowest BCUT2D eigenvalue weighted by atomic mass is 10.0. The number of methoxy groups -OCH3 is 1. The monoisotopic (exact) mass is 397 g/mol. The van der Waals surface area contributed by atoms with Gasteiger partial charge < -0.3 is 15.0 Å². The van der Waals surface area contributed by atoms with Gasteiger partial charge in [0.1, 0.15) is 11.8 Å². The summed E-state index contributed by atoms with van der Waals surface area (Å²) in [6.07, 6.45) is 1.73. The fraction of sp³-hybridized carbons (Fsp3) is 0.333. The molecule has 0 aromatic heterocycles. The number of non-ortho nitro benzene ring substituents is 1. The molecule has 1 aliphatic rings. The van der Waals surface area contributed by atoms with E-state index < -0.39 is 16.9 Å². The van der Waals surface area contributed by atoms with E-state index in [1.807, 2.05) is 24.3 Å². The molecule has 2 aromatic carbocycles. The van der Waals surface area contributed by atoms with E-state index in [4.69, 9.17) is 4.74 Å². The number of nitro groups is 1. The van der Waals surface area contributed by atoms with E-state index in [1.165, 1.54) is 24.3 Å². The van der Waals surface area contributed by atoms with Crippen LogP contribution in [0.1, 0.15) is 41.7 Å². The number of carbonyl (C=O) groups is 2. The molecule has 2 aromatic rings. The first kappa shape index (κ1) is 20.3. The summed E-state index contributed by atoms with van der Waals surface area (Å²) in [5, 5.41) is 13.6. The Morgan fingerprint density at radius 2 is 1.97 bits per heavy atom. The van der Waals surface area contributed by atoms with Gasteiger partial charge in [-0.3, -0.25) is 19.7 Å². The van der Waals surface area contributed by atoms with Crippen LogP contribution in [-0.2, 0) is 4.79 Å². The summed E-state index contributed by atoms with van der Waals surface area (Å²) < 4.78 is 5.18. The Morgan fingerprint density at radius 3 is 2.62 bits per heavy atom. The van der Waals surface area contributed by atoms with Gasteiger partial charge in [0.15, 0.2) is 0 Å². The summed E-state index contributed by atoms with van der Waals surface area (Å²) in [5.41, 5.74) is 0.997. The quantitative estimate of drug-likeness (QED) is 0.596. The lowest BCUT2D eigenvalue weighted by Crippen LogP contribution is -2.46. The zero-order chi connectivity index (χ0) is 21.0. The van der Waals surface area contributed by atoms with Crippen molar-refractivity contribution in [3.8, 4) is 5.75 Å². The third kappa shape index (κ3) is 4.53. The van der Waals surface area contributed by atoms with Crippen molar-refractivity contribution in [2.75, 3.05) is 13.7 Å². The molecular formula is C21H23N3O5. The molecule has 0 radical (unpaired) electrons. The van der Waals surface area contributed by atoms with Crippen LogP contribution in [0, 0.1) is 10.1 Å². The van der Waals surface area contributed by atoms with Crippen LogP contribution in [0.4, 0.5) is 5.69 Å². The van der Waals surface area contributed by atoms with E-state index in [2.05, 4.69) is 5.32 Å². The van der Waals surface area contributed by atoms with Crippen LogP contribution in [0.3, 0.4) is 0 Å². The van der Waals surface area contributed by atoms with E-state index in [0.29, 0.717) is 6.54 Å². The summed E-state index contributed by atoms with van der Waals surface area (Å²) in [5.74, 6) is 0.0547. The van der Waals surface area contributed by atoms with Gasteiger partial charge in [-0.1, -0.05) is 18.2 Å². The Bertz CT molecular complexity index is 913. The zero-order valence-electron chi connectivity index (χ0n) is 16.3. The summed E-state index contributed by atoms with van der Waals surface area (Å²) in [6.45, 7) is 2.24. The summed E-state index contributed by atoms with van der Waals surface area (Å²) in [6, 6.07) is 12.3. The number of nitro benzene ring substituents is 1. The molecule has 8 nitrogen and oxygen atoms in total. The highest BCUT2D eigenvalue weighted by atomic mass is 16.6. The molecule has 0 aliphatic carbocycles. The first-order valence-corrected chi connectivity index (χ1v) is 9.40. The largest absolute Gasteiger partial charge is 0.497 e. The summed E-state index contributed by atoms with van der Waals surface area (Å²) in [4.78, 5) is 37.5. The maximum absolute atomic E-state index is 13.0.